The molecule has 0 saturated carbocycles. The Labute approximate surface area is 164 Å². The highest BCUT2D eigenvalue weighted by Gasteiger charge is 2.32. The fraction of sp³-hybridized carbons (Fsp3) is 0.500. The van der Waals surface area contributed by atoms with Gasteiger partial charge in [-0.3, -0.25) is 4.79 Å². The number of nitrogens with one attached hydrogen (secondary N) is 1. The zero-order chi connectivity index (χ0) is 20.3. The third kappa shape index (κ3) is 4.98. The van der Waals surface area contributed by atoms with E-state index in [1.807, 2.05) is 18.7 Å². The van der Waals surface area contributed by atoms with Gasteiger partial charge in [0.05, 0.1) is 22.7 Å². The molecule has 1 aliphatic rings. The van der Waals surface area contributed by atoms with Crippen molar-refractivity contribution in [2.45, 2.75) is 44.0 Å². The van der Waals surface area contributed by atoms with E-state index in [0.29, 0.717) is 30.4 Å². The van der Waals surface area contributed by atoms with E-state index in [1.165, 1.54) is 6.07 Å². The fourth-order valence-electron chi connectivity index (χ4n) is 2.86. The van der Waals surface area contributed by atoms with Crippen LogP contribution in [0.3, 0.4) is 0 Å². The van der Waals surface area contributed by atoms with Gasteiger partial charge < -0.3 is 14.6 Å². The van der Waals surface area contributed by atoms with Crippen LogP contribution in [0.5, 0.6) is 0 Å². The lowest BCUT2D eigenvalue weighted by atomic mass is 10.1. The van der Waals surface area contributed by atoms with E-state index < -0.39 is 11.7 Å². The molecule has 28 heavy (non-hydrogen) atoms. The monoisotopic (exact) mass is 414 g/mol. The first-order valence-corrected chi connectivity index (χ1v) is 9.95. The Kier molecular flexibility index (Phi) is 6.17. The molecule has 1 N–H and O–H groups in total. The summed E-state index contributed by atoms with van der Waals surface area (Å²) in [6.45, 7) is 5.16. The molecule has 0 atom stereocenters. The Hall–Kier alpha value is -2.23. The first-order valence-electron chi connectivity index (χ1n) is 8.96. The van der Waals surface area contributed by atoms with Crippen molar-refractivity contribution < 1.29 is 22.4 Å². The van der Waals surface area contributed by atoms with Crippen LogP contribution in [0.1, 0.15) is 44.1 Å². The van der Waals surface area contributed by atoms with Gasteiger partial charge in [-0.05, 0) is 31.0 Å². The summed E-state index contributed by atoms with van der Waals surface area (Å²) in [6.07, 6.45) is -2.61. The SMILES string of the molecule is CC(C)c1nnc(SCC(=O)Nc2ccc(C(F)(F)F)cc2N2CCCC2)o1. The number of amides is 1. The molecule has 2 aromatic rings. The van der Waals surface area contributed by atoms with E-state index >= 15 is 0 Å². The maximum absolute atomic E-state index is 13.1. The molecular weight excluding hydrogens is 393 g/mol. The van der Waals surface area contributed by atoms with Crippen LogP contribution in [0.4, 0.5) is 24.5 Å². The van der Waals surface area contributed by atoms with Crippen molar-refractivity contribution in [3.8, 4) is 0 Å². The zero-order valence-electron chi connectivity index (χ0n) is 15.5. The summed E-state index contributed by atoms with van der Waals surface area (Å²) in [5, 5.41) is 10.8. The molecule has 2 heterocycles. The Bertz CT molecular complexity index is 832. The van der Waals surface area contributed by atoms with Crippen LogP contribution in [0.15, 0.2) is 27.8 Å². The Balaban J connectivity index is 1.70. The highest BCUT2D eigenvalue weighted by atomic mass is 32.2. The van der Waals surface area contributed by atoms with Gasteiger partial charge in [-0.15, -0.1) is 10.2 Å². The van der Waals surface area contributed by atoms with Crippen LogP contribution in [0, 0.1) is 0 Å². The van der Waals surface area contributed by atoms with Gasteiger partial charge in [0.25, 0.3) is 5.22 Å². The van der Waals surface area contributed by atoms with Gasteiger partial charge in [-0.1, -0.05) is 25.6 Å². The van der Waals surface area contributed by atoms with Crippen LogP contribution in [-0.2, 0) is 11.0 Å². The molecule has 1 fully saturated rings. The molecule has 152 valence electrons. The molecule has 3 rings (SSSR count). The van der Waals surface area contributed by atoms with Crippen molar-refractivity contribution in [3.63, 3.8) is 0 Å². The second-order valence-corrected chi connectivity index (χ2v) is 7.75. The Morgan fingerprint density at radius 3 is 2.61 bits per heavy atom. The van der Waals surface area contributed by atoms with Gasteiger partial charge in [0.1, 0.15) is 0 Å². The van der Waals surface area contributed by atoms with E-state index in [9.17, 15) is 18.0 Å². The number of carbonyl (C=O) groups is 1. The zero-order valence-corrected chi connectivity index (χ0v) is 16.4. The summed E-state index contributed by atoms with van der Waals surface area (Å²) in [6, 6.07) is 3.39. The average Bonchev–Trinajstić information content (AvgIpc) is 3.31. The Morgan fingerprint density at radius 1 is 1.29 bits per heavy atom. The van der Waals surface area contributed by atoms with Crippen LogP contribution in [-0.4, -0.2) is 34.9 Å². The number of anilines is 2. The first kappa shape index (κ1) is 20.5. The van der Waals surface area contributed by atoms with E-state index in [1.54, 1.807) is 0 Å². The summed E-state index contributed by atoms with van der Waals surface area (Å²) in [5.74, 6) is 0.238. The van der Waals surface area contributed by atoms with Gasteiger partial charge in [0.15, 0.2) is 0 Å². The van der Waals surface area contributed by atoms with E-state index in [-0.39, 0.29) is 22.8 Å². The second kappa shape index (κ2) is 8.42. The molecule has 10 heteroatoms. The molecule has 1 aliphatic heterocycles. The van der Waals surface area contributed by atoms with E-state index in [0.717, 1.165) is 36.7 Å². The Morgan fingerprint density at radius 2 is 2.00 bits per heavy atom. The highest BCUT2D eigenvalue weighted by molar-refractivity contribution is 7.99. The lowest BCUT2D eigenvalue weighted by Gasteiger charge is -2.23. The van der Waals surface area contributed by atoms with Crippen molar-refractivity contribution >= 4 is 29.0 Å². The molecule has 1 saturated heterocycles. The molecule has 1 amide bonds. The highest BCUT2D eigenvalue weighted by Crippen LogP contribution is 2.37. The van der Waals surface area contributed by atoms with Gasteiger partial charge >= 0.3 is 6.18 Å². The number of hydrogen-bond acceptors (Lipinski definition) is 6. The van der Waals surface area contributed by atoms with Gasteiger partial charge in [0.2, 0.25) is 11.8 Å². The number of thioether (sulfide) groups is 1. The number of carbonyl (C=O) groups excluding carboxylic acids is 1. The van der Waals surface area contributed by atoms with E-state index in [2.05, 4.69) is 15.5 Å². The molecule has 0 spiro atoms. The minimum atomic E-state index is -4.43. The number of rotatable bonds is 6. The van der Waals surface area contributed by atoms with Crippen LogP contribution in [0.2, 0.25) is 0 Å². The summed E-state index contributed by atoms with van der Waals surface area (Å²) in [4.78, 5) is 14.2. The quantitative estimate of drug-likeness (QED) is 0.700. The third-order valence-electron chi connectivity index (χ3n) is 4.29. The average molecular weight is 414 g/mol. The van der Waals surface area contributed by atoms with Gasteiger partial charge in [-0.25, -0.2) is 0 Å². The van der Waals surface area contributed by atoms with Gasteiger partial charge in [-0.2, -0.15) is 13.2 Å². The molecule has 1 aromatic heterocycles. The van der Waals surface area contributed by atoms with Crippen molar-refractivity contribution in [1.29, 1.82) is 0 Å². The van der Waals surface area contributed by atoms with Crippen molar-refractivity contribution in [2.24, 2.45) is 0 Å². The number of benzene rings is 1. The van der Waals surface area contributed by atoms with Crippen LogP contribution in [0.25, 0.3) is 0 Å². The number of halogens is 3. The van der Waals surface area contributed by atoms with Crippen LogP contribution >= 0.6 is 11.8 Å². The smallest absolute Gasteiger partial charge is 0.416 e. The van der Waals surface area contributed by atoms with Crippen LogP contribution < -0.4 is 10.2 Å². The predicted octanol–water partition coefficient (Wildman–Crippen LogP) is 4.54. The number of aromatic nitrogens is 2. The minimum absolute atomic E-state index is 0.0141. The predicted molar refractivity (Wildman–Crippen MR) is 101 cm³/mol. The molecule has 0 aliphatic carbocycles. The summed E-state index contributed by atoms with van der Waals surface area (Å²) < 4.78 is 44.7. The second-order valence-electron chi connectivity index (χ2n) is 6.82. The summed E-state index contributed by atoms with van der Waals surface area (Å²) in [7, 11) is 0. The normalized spacial score (nSPS) is 14.7. The minimum Gasteiger partial charge on any atom is -0.416 e. The largest absolute Gasteiger partial charge is 0.416 e. The molecule has 0 bridgehead atoms. The topological polar surface area (TPSA) is 71.3 Å². The van der Waals surface area contributed by atoms with E-state index in [4.69, 9.17) is 4.42 Å². The summed E-state index contributed by atoms with van der Waals surface area (Å²) in [5.41, 5.74) is 0.0355. The molecule has 6 nitrogen and oxygen atoms in total. The first-order chi connectivity index (χ1) is 13.2. The van der Waals surface area contributed by atoms with Gasteiger partial charge in [0, 0.05) is 19.0 Å². The standard InChI is InChI=1S/C18H21F3N4O2S/c1-11(2)16-23-24-17(27-16)28-10-15(26)22-13-6-5-12(18(19,20)21)9-14(13)25-7-3-4-8-25/h5-6,9,11H,3-4,7-8,10H2,1-2H3,(H,22,26). The molecule has 0 unspecified atom stereocenters. The van der Waals surface area contributed by atoms with Crippen molar-refractivity contribution in [3.05, 3.63) is 29.7 Å². The maximum Gasteiger partial charge on any atom is 0.416 e. The third-order valence-corrected chi connectivity index (χ3v) is 5.11. The maximum atomic E-state index is 13.1. The number of alkyl halides is 3. The lowest BCUT2D eigenvalue weighted by Crippen LogP contribution is -2.22. The molecule has 0 radical (unpaired) electrons. The number of hydrogen-bond donors (Lipinski definition) is 1. The summed E-state index contributed by atoms with van der Waals surface area (Å²) >= 11 is 1.09. The van der Waals surface area contributed by atoms with Crippen molar-refractivity contribution in [1.82, 2.24) is 10.2 Å². The van der Waals surface area contributed by atoms with Crippen molar-refractivity contribution in [2.75, 3.05) is 29.1 Å². The molecular formula is C18H21F3N4O2S. The number of nitrogens with zero attached hydrogens (tertiary/aromatic N) is 3. The fourth-order valence-corrected chi connectivity index (χ4v) is 3.43. The lowest BCUT2D eigenvalue weighted by molar-refractivity contribution is -0.137. The molecule has 1 aromatic carbocycles.